The monoisotopic (exact) mass is 354 g/mol. The van der Waals surface area contributed by atoms with E-state index in [9.17, 15) is 9.18 Å². The molecular formula is C17H20ClFN2OS. The molecule has 124 valence electrons. The van der Waals surface area contributed by atoms with E-state index in [-0.39, 0.29) is 17.8 Å². The number of hydrogen-bond acceptors (Lipinski definition) is 3. The van der Waals surface area contributed by atoms with E-state index in [4.69, 9.17) is 11.6 Å². The normalized spacial score (nSPS) is 12.4. The van der Waals surface area contributed by atoms with Gasteiger partial charge in [-0.05, 0) is 43.8 Å². The van der Waals surface area contributed by atoms with Gasteiger partial charge in [0.1, 0.15) is 5.82 Å². The molecule has 3 nitrogen and oxygen atoms in total. The van der Waals surface area contributed by atoms with Gasteiger partial charge >= 0.3 is 0 Å². The first-order valence-electron chi connectivity index (χ1n) is 7.30. The fourth-order valence-corrected chi connectivity index (χ4v) is 3.47. The van der Waals surface area contributed by atoms with E-state index in [1.54, 1.807) is 18.0 Å². The van der Waals surface area contributed by atoms with E-state index in [1.165, 1.54) is 23.5 Å². The summed E-state index contributed by atoms with van der Waals surface area (Å²) in [7, 11) is 3.64. The van der Waals surface area contributed by atoms with Crippen LogP contribution in [0.3, 0.4) is 0 Å². The van der Waals surface area contributed by atoms with Crippen LogP contribution in [0, 0.1) is 5.82 Å². The second kappa shape index (κ2) is 7.90. The molecule has 0 aliphatic heterocycles. The summed E-state index contributed by atoms with van der Waals surface area (Å²) >= 11 is 7.45. The van der Waals surface area contributed by atoms with Gasteiger partial charge < -0.3 is 4.90 Å². The van der Waals surface area contributed by atoms with Crippen molar-refractivity contribution in [3.05, 3.63) is 57.0 Å². The average molecular weight is 355 g/mol. The second-order valence-electron chi connectivity index (χ2n) is 5.62. The Balaban J connectivity index is 1.94. The maximum atomic E-state index is 13.2. The van der Waals surface area contributed by atoms with Crippen molar-refractivity contribution in [1.82, 2.24) is 9.80 Å². The Morgan fingerprint density at radius 1 is 1.26 bits per heavy atom. The largest absolute Gasteiger partial charge is 0.340 e. The number of halogens is 2. The highest BCUT2D eigenvalue weighted by molar-refractivity contribution is 7.16. The van der Waals surface area contributed by atoms with Crippen molar-refractivity contribution in [1.29, 1.82) is 0 Å². The highest BCUT2D eigenvalue weighted by Gasteiger charge is 2.22. The molecule has 0 saturated heterocycles. The molecule has 1 heterocycles. The van der Waals surface area contributed by atoms with Crippen molar-refractivity contribution >= 4 is 28.8 Å². The topological polar surface area (TPSA) is 23.6 Å². The summed E-state index contributed by atoms with van der Waals surface area (Å²) in [6.45, 7) is 2.93. The minimum Gasteiger partial charge on any atom is -0.340 e. The van der Waals surface area contributed by atoms with E-state index in [2.05, 4.69) is 0 Å². The molecule has 0 bridgehead atoms. The van der Waals surface area contributed by atoms with Gasteiger partial charge in [-0.2, -0.15) is 0 Å². The van der Waals surface area contributed by atoms with Crippen molar-refractivity contribution in [2.45, 2.75) is 26.1 Å². The van der Waals surface area contributed by atoms with Gasteiger partial charge in [0, 0.05) is 25.0 Å². The first-order chi connectivity index (χ1) is 10.9. The van der Waals surface area contributed by atoms with Crippen LogP contribution in [0.1, 0.15) is 17.4 Å². The number of amides is 1. The van der Waals surface area contributed by atoms with E-state index in [1.807, 2.05) is 37.1 Å². The van der Waals surface area contributed by atoms with Crippen molar-refractivity contribution in [2.75, 3.05) is 14.1 Å². The van der Waals surface area contributed by atoms with Crippen LogP contribution >= 0.6 is 22.9 Å². The summed E-state index contributed by atoms with van der Waals surface area (Å²) < 4.78 is 14.0. The van der Waals surface area contributed by atoms with Gasteiger partial charge in [-0.3, -0.25) is 9.69 Å². The molecule has 0 aliphatic rings. The van der Waals surface area contributed by atoms with Crippen LogP contribution in [0.2, 0.25) is 4.34 Å². The quantitative estimate of drug-likeness (QED) is 0.782. The Bertz CT molecular complexity index is 676. The molecule has 1 amide bonds. The van der Waals surface area contributed by atoms with Gasteiger partial charge in [0.2, 0.25) is 5.91 Å². The Labute approximate surface area is 145 Å². The first-order valence-corrected chi connectivity index (χ1v) is 8.50. The molecule has 0 fully saturated rings. The zero-order chi connectivity index (χ0) is 17.0. The fourth-order valence-electron chi connectivity index (χ4n) is 2.31. The number of carbonyl (C=O) groups is 1. The third-order valence-corrected chi connectivity index (χ3v) is 4.95. The predicted octanol–water partition coefficient (Wildman–Crippen LogP) is 4.02. The van der Waals surface area contributed by atoms with Gasteiger partial charge in [0.15, 0.2) is 0 Å². The molecule has 2 rings (SSSR count). The highest BCUT2D eigenvalue weighted by atomic mass is 35.5. The van der Waals surface area contributed by atoms with Crippen LogP contribution in [0.25, 0.3) is 0 Å². The summed E-state index contributed by atoms with van der Waals surface area (Å²) in [6, 6.07) is 9.87. The number of carbonyl (C=O) groups excluding carboxylic acids is 1. The molecule has 0 N–H and O–H groups in total. The summed E-state index contributed by atoms with van der Waals surface area (Å²) in [5.41, 5.74) is 0.778. The second-order valence-corrected chi connectivity index (χ2v) is 7.42. The van der Waals surface area contributed by atoms with Gasteiger partial charge in [-0.15, -0.1) is 11.3 Å². The first kappa shape index (κ1) is 17.9. The van der Waals surface area contributed by atoms with Crippen LogP contribution < -0.4 is 0 Å². The molecule has 1 aromatic heterocycles. The number of benzene rings is 1. The van der Waals surface area contributed by atoms with Crippen LogP contribution in [0.15, 0.2) is 36.4 Å². The molecule has 1 unspecified atom stereocenters. The Hall–Kier alpha value is -1.43. The molecular weight excluding hydrogens is 335 g/mol. The maximum Gasteiger partial charge on any atom is 0.239 e. The van der Waals surface area contributed by atoms with Gasteiger partial charge in [-0.25, -0.2) is 4.39 Å². The molecule has 23 heavy (non-hydrogen) atoms. The van der Waals surface area contributed by atoms with E-state index >= 15 is 0 Å². The number of thiophene rings is 1. The molecule has 2 aromatic rings. The van der Waals surface area contributed by atoms with Gasteiger partial charge in [0.25, 0.3) is 0 Å². The fraction of sp³-hybridized carbons (Fsp3) is 0.353. The maximum absolute atomic E-state index is 13.2. The summed E-state index contributed by atoms with van der Waals surface area (Å²) in [5.74, 6) is -0.289. The zero-order valence-electron chi connectivity index (χ0n) is 13.4. The van der Waals surface area contributed by atoms with Gasteiger partial charge in [-0.1, -0.05) is 23.7 Å². The lowest BCUT2D eigenvalue weighted by Gasteiger charge is -2.28. The third-order valence-electron chi connectivity index (χ3n) is 3.74. The number of likely N-dealkylation sites (N-methyl/N-ethyl adjacent to an activating group) is 2. The Kier molecular flexibility index (Phi) is 6.16. The van der Waals surface area contributed by atoms with Crippen LogP contribution in [0.5, 0.6) is 0 Å². The molecule has 0 spiro atoms. The molecule has 6 heteroatoms. The predicted molar refractivity (Wildman–Crippen MR) is 93.1 cm³/mol. The minimum absolute atomic E-state index is 0.000542. The number of hydrogen-bond donors (Lipinski definition) is 0. The van der Waals surface area contributed by atoms with Crippen molar-refractivity contribution in [2.24, 2.45) is 0 Å². The third kappa shape index (κ3) is 5.03. The van der Waals surface area contributed by atoms with Crippen molar-refractivity contribution < 1.29 is 9.18 Å². The van der Waals surface area contributed by atoms with Gasteiger partial charge in [0.05, 0.1) is 10.4 Å². The summed E-state index contributed by atoms with van der Waals surface area (Å²) in [4.78, 5) is 17.3. The number of rotatable bonds is 6. The van der Waals surface area contributed by atoms with Crippen LogP contribution in [-0.4, -0.2) is 35.8 Å². The lowest BCUT2D eigenvalue weighted by molar-refractivity contribution is -0.135. The summed E-state index contributed by atoms with van der Waals surface area (Å²) in [6.07, 6.45) is 0. The smallest absolute Gasteiger partial charge is 0.239 e. The molecule has 0 saturated carbocycles. The zero-order valence-corrected chi connectivity index (χ0v) is 15.0. The van der Waals surface area contributed by atoms with Crippen molar-refractivity contribution in [3.8, 4) is 0 Å². The molecule has 0 radical (unpaired) electrons. The molecule has 1 aromatic carbocycles. The van der Waals surface area contributed by atoms with E-state index in [0.717, 1.165) is 14.8 Å². The lowest BCUT2D eigenvalue weighted by Crippen LogP contribution is -2.43. The summed E-state index contributed by atoms with van der Waals surface area (Å²) in [5, 5.41) is 0. The van der Waals surface area contributed by atoms with Crippen LogP contribution in [-0.2, 0) is 17.9 Å². The lowest BCUT2D eigenvalue weighted by atomic mass is 10.2. The standard InChI is InChI=1S/C17H20ClFN2OS/c1-12(20(2)11-15-7-8-16(18)23-15)17(22)21(3)10-13-5-4-6-14(19)9-13/h4-9,12H,10-11H2,1-3H3. The highest BCUT2D eigenvalue weighted by Crippen LogP contribution is 2.23. The molecule has 0 aliphatic carbocycles. The Morgan fingerprint density at radius 2 is 2.00 bits per heavy atom. The van der Waals surface area contributed by atoms with E-state index in [0.29, 0.717) is 13.1 Å². The Morgan fingerprint density at radius 3 is 2.61 bits per heavy atom. The number of nitrogens with zero attached hydrogens (tertiary/aromatic N) is 2. The SMILES string of the molecule is CC(C(=O)N(C)Cc1cccc(F)c1)N(C)Cc1ccc(Cl)s1. The van der Waals surface area contributed by atoms with Crippen LogP contribution in [0.4, 0.5) is 4.39 Å². The van der Waals surface area contributed by atoms with E-state index < -0.39 is 0 Å². The average Bonchev–Trinajstić information content (AvgIpc) is 2.90. The van der Waals surface area contributed by atoms with Crippen molar-refractivity contribution in [3.63, 3.8) is 0 Å². The minimum atomic E-state index is -0.289. The molecule has 1 atom stereocenters.